The third kappa shape index (κ3) is 5.72. The Morgan fingerprint density at radius 1 is 1.42 bits per heavy atom. The number of ether oxygens (including phenoxy) is 2. The van der Waals surface area contributed by atoms with Crippen molar-refractivity contribution in [1.82, 2.24) is 4.98 Å². The number of amides is 1. The smallest absolute Gasteiger partial charge is 0.275 e. The highest BCUT2D eigenvalue weighted by Gasteiger charge is 2.14. The molecule has 0 radical (unpaired) electrons. The third-order valence-corrected chi connectivity index (χ3v) is 3.79. The SMILES string of the molecule is COCCOc1ccc(F)cc1NC(=O)c1csc(CCN)n1.Cl. The van der Waals surface area contributed by atoms with Gasteiger partial charge in [-0.25, -0.2) is 9.37 Å². The van der Waals surface area contributed by atoms with Gasteiger partial charge in [0.15, 0.2) is 0 Å². The molecule has 24 heavy (non-hydrogen) atoms. The molecule has 3 N–H and O–H groups in total. The Labute approximate surface area is 149 Å². The van der Waals surface area contributed by atoms with Gasteiger partial charge in [-0.05, 0) is 18.7 Å². The number of nitrogens with two attached hydrogens (primary N) is 1. The molecule has 0 aliphatic heterocycles. The summed E-state index contributed by atoms with van der Waals surface area (Å²) in [5, 5.41) is 5.05. The molecule has 6 nitrogen and oxygen atoms in total. The van der Waals surface area contributed by atoms with E-state index in [2.05, 4.69) is 10.3 Å². The molecule has 132 valence electrons. The summed E-state index contributed by atoms with van der Waals surface area (Å²) in [6.45, 7) is 1.15. The molecule has 0 spiro atoms. The van der Waals surface area contributed by atoms with Crippen LogP contribution in [0.5, 0.6) is 5.75 Å². The Balaban J connectivity index is 0.00000288. The van der Waals surface area contributed by atoms with Gasteiger partial charge in [-0.1, -0.05) is 0 Å². The Kier molecular flexibility index (Phi) is 8.62. The summed E-state index contributed by atoms with van der Waals surface area (Å²) in [6.07, 6.45) is 0.614. The fourth-order valence-electron chi connectivity index (χ4n) is 1.80. The van der Waals surface area contributed by atoms with Gasteiger partial charge < -0.3 is 20.5 Å². The topological polar surface area (TPSA) is 86.5 Å². The van der Waals surface area contributed by atoms with E-state index in [1.807, 2.05) is 0 Å². The summed E-state index contributed by atoms with van der Waals surface area (Å²) in [7, 11) is 1.55. The first-order valence-electron chi connectivity index (χ1n) is 7.01. The average Bonchev–Trinajstić information content (AvgIpc) is 2.99. The van der Waals surface area contributed by atoms with E-state index in [0.29, 0.717) is 31.9 Å². The second kappa shape index (κ2) is 10.2. The molecule has 0 aliphatic carbocycles. The Hall–Kier alpha value is -1.74. The number of nitrogens with zero attached hydrogens (tertiary/aromatic N) is 1. The zero-order chi connectivity index (χ0) is 16.7. The number of thiazole rings is 1. The van der Waals surface area contributed by atoms with E-state index in [0.717, 1.165) is 5.01 Å². The fourth-order valence-corrected chi connectivity index (χ4v) is 2.59. The summed E-state index contributed by atoms with van der Waals surface area (Å²) >= 11 is 1.36. The molecular formula is C15H19ClFN3O3S. The summed E-state index contributed by atoms with van der Waals surface area (Å²) < 4.78 is 23.8. The predicted octanol–water partition coefficient (Wildman–Crippen LogP) is 2.48. The van der Waals surface area contributed by atoms with Crippen LogP contribution in [-0.4, -0.2) is 37.8 Å². The van der Waals surface area contributed by atoms with Crippen LogP contribution in [0.25, 0.3) is 0 Å². The number of hydrogen-bond donors (Lipinski definition) is 2. The van der Waals surface area contributed by atoms with Gasteiger partial charge in [-0.15, -0.1) is 23.7 Å². The third-order valence-electron chi connectivity index (χ3n) is 2.88. The first-order valence-corrected chi connectivity index (χ1v) is 7.89. The molecule has 2 aromatic rings. The van der Waals surface area contributed by atoms with Crippen LogP contribution < -0.4 is 15.8 Å². The van der Waals surface area contributed by atoms with E-state index in [4.69, 9.17) is 15.2 Å². The number of aromatic nitrogens is 1. The molecule has 0 unspecified atom stereocenters. The molecule has 0 saturated heterocycles. The fraction of sp³-hybridized carbons (Fsp3) is 0.333. The van der Waals surface area contributed by atoms with E-state index in [1.165, 1.54) is 29.5 Å². The predicted molar refractivity (Wildman–Crippen MR) is 93.8 cm³/mol. The van der Waals surface area contributed by atoms with E-state index in [9.17, 15) is 9.18 Å². The minimum atomic E-state index is -0.471. The Morgan fingerprint density at radius 3 is 2.92 bits per heavy atom. The molecule has 1 aromatic heterocycles. The van der Waals surface area contributed by atoms with E-state index in [-0.39, 0.29) is 23.8 Å². The second-order valence-electron chi connectivity index (χ2n) is 4.60. The van der Waals surface area contributed by atoms with Crippen molar-refractivity contribution in [3.05, 3.63) is 40.1 Å². The highest BCUT2D eigenvalue weighted by Crippen LogP contribution is 2.26. The molecule has 0 fully saturated rings. The number of rotatable bonds is 8. The van der Waals surface area contributed by atoms with Crippen LogP contribution in [0.2, 0.25) is 0 Å². The Bertz CT molecular complexity index is 669. The number of methoxy groups -OCH3 is 1. The quantitative estimate of drug-likeness (QED) is 0.692. The normalized spacial score (nSPS) is 10.1. The standard InChI is InChI=1S/C15H18FN3O3S.ClH/c1-21-6-7-22-13-3-2-10(16)8-11(13)19-15(20)12-9-23-14(18-12)4-5-17;/h2-3,8-9H,4-7,17H2,1H3,(H,19,20);1H. The molecular weight excluding hydrogens is 357 g/mol. The van der Waals surface area contributed by atoms with Gasteiger partial charge in [-0.2, -0.15) is 0 Å². The van der Waals surface area contributed by atoms with Crippen LogP contribution in [0.1, 0.15) is 15.5 Å². The average molecular weight is 376 g/mol. The van der Waals surface area contributed by atoms with Gasteiger partial charge in [0.25, 0.3) is 5.91 Å². The minimum absolute atomic E-state index is 0. The van der Waals surface area contributed by atoms with Crippen molar-refractivity contribution in [2.75, 3.05) is 32.2 Å². The van der Waals surface area contributed by atoms with Crippen LogP contribution in [0, 0.1) is 5.82 Å². The number of carbonyl (C=O) groups is 1. The first-order chi connectivity index (χ1) is 11.1. The van der Waals surface area contributed by atoms with Crippen molar-refractivity contribution in [2.24, 2.45) is 5.73 Å². The molecule has 0 aliphatic rings. The highest BCUT2D eigenvalue weighted by molar-refractivity contribution is 7.09. The molecule has 1 heterocycles. The molecule has 0 atom stereocenters. The molecule has 1 aromatic carbocycles. The number of halogens is 2. The largest absolute Gasteiger partial charge is 0.489 e. The summed E-state index contributed by atoms with van der Waals surface area (Å²) in [5.74, 6) is -0.526. The molecule has 1 amide bonds. The van der Waals surface area contributed by atoms with Gasteiger partial charge in [0.05, 0.1) is 17.3 Å². The maximum Gasteiger partial charge on any atom is 0.275 e. The van der Waals surface area contributed by atoms with E-state index in [1.54, 1.807) is 12.5 Å². The van der Waals surface area contributed by atoms with Gasteiger partial charge in [-0.3, -0.25) is 4.79 Å². The lowest BCUT2D eigenvalue weighted by Gasteiger charge is -2.12. The lowest BCUT2D eigenvalue weighted by molar-refractivity contribution is 0.102. The maximum atomic E-state index is 13.4. The number of nitrogens with one attached hydrogen (secondary N) is 1. The lowest BCUT2D eigenvalue weighted by Crippen LogP contribution is -2.14. The Morgan fingerprint density at radius 2 is 2.21 bits per heavy atom. The molecule has 2 rings (SSSR count). The van der Waals surface area contributed by atoms with Crippen LogP contribution in [0.3, 0.4) is 0 Å². The first kappa shape index (κ1) is 20.3. The number of benzene rings is 1. The van der Waals surface area contributed by atoms with Gasteiger partial charge in [0.1, 0.15) is 23.9 Å². The van der Waals surface area contributed by atoms with Gasteiger partial charge in [0.2, 0.25) is 0 Å². The molecule has 0 saturated carbocycles. The summed E-state index contributed by atoms with van der Waals surface area (Å²) in [5.41, 5.74) is 5.98. The number of anilines is 1. The minimum Gasteiger partial charge on any atom is -0.489 e. The van der Waals surface area contributed by atoms with Crippen molar-refractivity contribution < 1.29 is 18.7 Å². The zero-order valence-electron chi connectivity index (χ0n) is 13.1. The summed E-state index contributed by atoms with van der Waals surface area (Å²) in [6, 6.07) is 3.93. The zero-order valence-corrected chi connectivity index (χ0v) is 14.7. The molecule has 9 heteroatoms. The van der Waals surface area contributed by atoms with E-state index < -0.39 is 11.7 Å². The van der Waals surface area contributed by atoms with Crippen molar-refractivity contribution >= 4 is 35.3 Å². The van der Waals surface area contributed by atoms with Gasteiger partial charge in [0, 0.05) is 25.0 Å². The van der Waals surface area contributed by atoms with Crippen LogP contribution >= 0.6 is 23.7 Å². The monoisotopic (exact) mass is 375 g/mol. The number of carbonyl (C=O) groups excluding carboxylic acids is 1. The van der Waals surface area contributed by atoms with E-state index >= 15 is 0 Å². The maximum absolute atomic E-state index is 13.4. The highest BCUT2D eigenvalue weighted by atomic mass is 35.5. The van der Waals surface area contributed by atoms with Crippen LogP contribution in [0.4, 0.5) is 10.1 Å². The lowest BCUT2D eigenvalue weighted by atomic mass is 10.2. The van der Waals surface area contributed by atoms with Crippen molar-refractivity contribution in [1.29, 1.82) is 0 Å². The van der Waals surface area contributed by atoms with Crippen molar-refractivity contribution in [3.63, 3.8) is 0 Å². The molecule has 0 bridgehead atoms. The van der Waals surface area contributed by atoms with Crippen LogP contribution in [-0.2, 0) is 11.2 Å². The van der Waals surface area contributed by atoms with Crippen molar-refractivity contribution in [3.8, 4) is 5.75 Å². The summed E-state index contributed by atoms with van der Waals surface area (Å²) in [4.78, 5) is 16.4. The van der Waals surface area contributed by atoms with Crippen LogP contribution in [0.15, 0.2) is 23.6 Å². The number of hydrogen-bond acceptors (Lipinski definition) is 6. The van der Waals surface area contributed by atoms with Crippen molar-refractivity contribution in [2.45, 2.75) is 6.42 Å². The van der Waals surface area contributed by atoms with Gasteiger partial charge >= 0.3 is 0 Å². The second-order valence-corrected chi connectivity index (χ2v) is 5.54.